The third kappa shape index (κ3) is 4.80. The number of rotatable bonds is 6. The minimum atomic E-state index is -0.192. The minimum Gasteiger partial charge on any atom is -0.493 e. The first-order valence-electron chi connectivity index (χ1n) is 8.13. The molecule has 0 aromatic heterocycles. The monoisotopic (exact) mass is 379 g/mol. The number of carbonyl (C=O) groups is 1. The Balaban J connectivity index is 1.49. The summed E-state index contributed by atoms with van der Waals surface area (Å²) in [6.07, 6.45) is 1.69. The average molecular weight is 380 g/mol. The van der Waals surface area contributed by atoms with Gasteiger partial charge in [0.25, 0.3) is 5.91 Å². The van der Waals surface area contributed by atoms with Crippen molar-refractivity contribution in [2.45, 2.75) is 25.8 Å². The molecule has 2 aromatic rings. The average Bonchev–Trinajstić information content (AvgIpc) is 3.01. The van der Waals surface area contributed by atoms with Crippen LogP contribution in [0.15, 0.2) is 36.4 Å². The fourth-order valence-electron chi connectivity index (χ4n) is 2.82. The van der Waals surface area contributed by atoms with Crippen LogP contribution < -0.4 is 14.8 Å². The lowest BCUT2D eigenvalue weighted by Gasteiger charge is -2.15. The molecule has 132 valence electrons. The van der Waals surface area contributed by atoms with Crippen LogP contribution in [0, 0.1) is 0 Å². The molecule has 0 fully saturated rings. The maximum Gasteiger partial charge on any atom is 0.258 e. The lowest BCUT2D eigenvalue weighted by Crippen LogP contribution is -2.37. The van der Waals surface area contributed by atoms with Crippen molar-refractivity contribution in [3.8, 4) is 11.5 Å². The molecule has 6 heteroatoms. The van der Waals surface area contributed by atoms with Crippen LogP contribution in [0.5, 0.6) is 11.5 Å². The number of fused-ring (bicyclic) bond motifs is 1. The maximum atomic E-state index is 12.1. The fraction of sp³-hybridized carbons (Fsp3) is 0.316. The molecule has 0 radical (unpaired) electrons. The summed E-state index contributed by atoms with van der Waals surface area (Å²) in [5.41, 5.74) is 2.41. The summed E-state index contributed by atoms with van der Waals surface area (Å²) in [5, 5.41) is 3.84. The molecule has 1 heterocycles. The summed E-state index contributed by atoms with van der Waals surface area (Å²) in [5.74, 6) is 1.21. The molecule has 1 aliphatic rings. The highest BCUT2D eigenvalue weighted by atomic mass is 35.5. The van der Waals surface area contributed by atoms with Gasteiger partial charge in [0.05, 0.1) is 11.6 Å². The van der Waals surface area contributed by atoms with E-state index in [-0.39, 0.29) is 18.6 Å². The third-order valence-electron chi connectivity index (χ3n) is 3.96. The lowest BCUT2D eigenvalue weighted by molar-refractivity contribution is -0.123. The van der Waals surface area contributed by atoms with Crippen LogP contribution in [0.4, 0.5) is 0 Å². The molecule has 1 atom stereocenters. The third-order valence-corrected chi connectivity index (χ3v) is 4.49. The van der Waals surface area contributed by atoms with Gasteiger partial charge in [-0.25, -0.2) is 0 Å². The Morgan fingerprint density at radius 2 is 2.12 bits per heavy atom. The molecule has 1 amide bonds. The van der Waals surface area contributed by atoms with Crippen molar-refractivity contribution < 1.29 is 14.3 Å². The predicted molar refractivity (Wildman–Crippen MR) is 98.9 cm³/mol. The fourth-order valence-corrected chi connectivity index (χ4v) is 3.29. The van der Waals surface area contributed by atoms with E-state index in [9.17, 15) is 4.79 Å². The largest absolute Gasteiger partial charge is 0.493 e. The Kier molecular flexibility index (Phi) is 5.71. The smallest absolute Gasteiger partial charge is 0.258 e. The standard InChI is InChI=1S/C19H19Cl2NO3/c1-12(8-13-2-4-17-14(9-13)6-7-24-17)22-19(23)11-25-18-5-3-15(20)10-16(18)21/h2-5,9-10,12H,6-8,11H2,1H3,(H,22,23)/t12-/m1/s1. The molecule has 0 unspecified atom stereocenters. The lowest BCUT2D eigenvalue weighted by atomic mass is 10.0. The summed E-state index contributed by atoms with van der Waals surface area (Å²) >= 11 is 11.9. The zero-order valence-corrected chi connectivity index (χ0v) is 15.4. The molecule has 0 saturated carbocycles. The van der Waals surface area contributed by atoms with Gasteiger partial charge in [-0.1, -0.05) is 35.3 Å². The van der Waals surface area contributed by atoms with E-state index in [2.05, 4.69) is 11.4 Å². The van der Waals surface area contributed by atoms with Crippen molar-refractivity contribution in [2.24, 2.45) is 0 Å². The number of halogens is 2. The van der Waals surface area contributed by atoms with Crippen molar-refractivity contribution in [1.82, 2.24) is 5.32 Å². The van der Waals surface area contributed by atoms with E-state index in [0.29, 0.717) is 15.8 Å². The van der Waals surface area contributed by atoms with Crippen LogP contribution in [0.25, 0.3) is 0 Å². The normalized spacial score (nSPS) is 13.7. The number of nitrogens with one attached hydrogen (secondary N) is 1. The first-order chi connectivity index (χ1) is 12.0. The number of hydrogen-bond acceptors (Lipinski definition) is 3. The number of carbonyl (C=O) groups excluding carboxylic acids is 1. The van der Waals surface area contributed by atoms with Crippen LogP contribution >= 0.6 is 23.2 Å². The highest BCUT2D eigenvalue weighted by molar-refractivity contribution is 6.35. The molecular weight excluding hydrogens is 361 g/mol. The van der Waals surface area contributed by atoms with E-state index in [1.165, 1.54) is 11.1 Å². The van der Waals surface area contributed by atoms with Crippen LogP contribution in [0.1, 0.15) is 18.1 Å². The summed E-state index contributed by atoms with van der Waals surface area (Å²) in [7, 11) is 0. The Labute approximate surface area is 157 Å². The van der Waals surface area contributed by atoms with Gasteiger partial charge in [-0.2, -0.15) is 0 Å². The zero-order chi connectivity index (χ0) is 17.8. The SMILES string of the molecule is C[C@H](Cc1ccc2c(c1)CCO2)NC(=O)COc1ccc(Cl)cc1Cl. The highest BCUT2D eigenvalue weighted by Gasteiger charge is 2.14. The molecular formula is C19H19Cl2NO3. The molecule has 0 aliphatic carbocycles. The first kappa shape index (κ1) is 17.9. The van der Waals surface area contributed by atoms with E-state index in [4.69, 9.17) is 32.7 Å². The Hall–Kier alpha value is -1.91. The first-order valence-corrected chi connectivity index (χ1v) is 8.88. The molecule has 4 nitrogen and oxygen atoms in total. The Bertz CT molecular complexity index is 779. The number of benzene rings is 2. The topological polar surface area (TPSA) is 47.6 Å². The van der Waals surface area contributed by atoms with Gasteiger partial charge in [0.2, 0.25) is 0 Å². The van der Waals surface area contributed by atoms with Gasteiger partial charge < -0.3 is 14.8 Å². The van der Waals surface area contributed by atoms with E-state index in [0.717, 1.165) is 25.2 Å². The van der Waals surface area contributed by atoms with Gasteiger partial charge in [0.1, 0.15) is 11.5 Å². The molecule has 1 aliphatic heterocycles. The molecule has 0 bridgehead atoms. The second kappa shape index (κ2) is 7.98. The van der Waals surface area contributed by atoms with Gasteiger partial charge in [-0.05, 0) is 48.7 Å². The Morgan fingerprint density at radius 1 is 1.28 bits per heavy atom. The molecule has 0 spiro atoms. The molecule has 3 rings (SSSR count). The van der Waals surface area contributed by atoms with E-state index in [1.54, 1.807) is 18.2 Å². The number of hydrogen-bond donors (Lipinski definition) is 1. The molecule has 25 heavy (non-hydrogen) atoms. The van der Waals surface area contributed by atoms with Crippen molar-refractivity contribution >= 4 is 29.1 Å². The molecule has 0 saturated heterocycles. The van der Waals surface area contributed by atoms with Gasteiger partial charge in [0, 0.05) is 17.5 Å². The van der Waals surface area contributed by atoms with E-state index in [1.807, 2.05) is 19.1 Å². The van der Waals surface area contributed by atoms with Gasteiger partial charge in [0.15, 0.2) is 6.61 Å². The second-order valence-corrected chi connectivity index (χ2v) is 6.92. The van der Waals surface area contributed by atoms with Crippen molar-refractivity contribution in [3.05, 3.63) is 57.6 Å². The van der Waals surface area contributed by atoms with Crippen LogP contribution in [0.3, 0.4) is 0 Å². The predicted octanol–water partition coefficient (Wildman–Crippen LogP) is 4.05. The summed E-state index contributed by atoms with van der Waals surface area (Å²) in [6, 6.07) is 11.1. The van der Waals surface area contributed by atoms with Gasteiger partial charge in [-0.15, -0.1) is 0 Å². The van der Waals surface area contributed by atoms with E-state index < -0.39 is 0 Å². The van der Waals surface area contributed by atoms with Crippen LogP contribution in [-0.4, -0.2) is 25.2 Å². The molecule has 1 N–H and O–H groups in total. The van der Waals surface area contributed by atoms with Crippen LogP contribution in [0.2, 0.25) is 10.0 Å². The summed E-state index contributed by atoms with van der Waals surface area (Å²) in [4.78, 5) is 12.1. The van der Waals surface area contributed by atoms with Crippen molar-refractivity contribution in [1.29, 1.82) is 0 Å². The summed E-state index contributed by atoms with van der Waals surface area (Å²) < 4.78 is 11.0. The number of amides is 1. The maximum absolute atomic E-state index is 12.1. The zero-order valence-electron chi connectivity index (χ0n) is 13.9. The van der Waals surface area contributed by atoms with Crippen molar-refractivity contribution in [3.63, 3.8) is 0 Å². The second-order valence-electron chi connectivity index (χ2n) is 6.08. The van der Waals surface area contributed by atoms with Crippen molar-refractivity contribution in [2.75, 3.05) is 13.2 Å². The van der Waals surface area contributed by atoms with Gasteiger partial charge >= 0.3 is 0 Å². The summed E-state index contributed by atoms with van der Waals surface area (Å²) in [6.45, 7) is 2.62. The highest BCUT2D eigenvalue weighted by Crippen LogP contribution is 2.28. The molecule has 2 aromatic carbocycles. The number of ether oxygens (including phenoxy) is 2. The van der Waals surface area contributed by atoms with Gasteiger partial charge in [-0.3, -0.25) is 4.79 Å². The van der Waals surface area contributed by atoms with E-state index >= 15 is 0 Å². The minimum absolute atomic E-state index is 0.00263. The quantitative estimate of drug-likeness (QED) is 0.823. The Morgan fingerprint density at radius 3 is 2.92 bits per heavy atom. The van der Waals surface area contributed by atoms with Crippen LogP contribution in [-0.2, 0) is 17.6 Å².